The molecule has 28 heavy (non-hydrogen) atoms. The summed E-state index contributed by atoms with van der Waals surface area (Å²) >= 11 is 0. The number of nitrogens with one attached hydrogen (secondary N) is 1. The van der Waals surface area contributed by atoms with Gasteiger partial charge < -0.3 is 10.4 Å². The lowest BCUT2D eigenvalue weighted by molar-refractivity contribution is 0.0235. The summed E-state index contributed by atoms with van der Waals surface area (Å²) in [5, 5.41) is 18.4. The number of rotatable bonds is 6. The second-order valence-corrected chi connectivity index (χ2v) is 7.66. The summed E-state index contributed by atoms with van der Waals surface area (Å²) in [6.07, 6.45) is 5.54. The van der Waals surface area contributed by atoms with E-state index >= 15 is 0 Å². The van der Waals surface area contributed by atoms with Gasteiger partial charge in [0.25, 0.3) is 5.91 Å². The first-order chi connectivity index (χ1) is 13.6. The quantitative estimate of drug-likeness (QED) is 0.689. The van der Waals surface area contributed by atoms with E-state index in [0.717, 1.165) is 35.1 Å². The third-order valence-corrected chi connectivity index (χ3v) is 5.66. The van der Waals surface area contributed by atoms with E-state index in [1.165, 1.54) is 0 Å². The number of aliphatic hydroxyl groups excluding tert-OH is 1. The molecule has 2 N–H and O–H groups in total. The van der Waals surface area contributed by atoms with E-state index in [1.54, 1.807) is 6.20 Å². The molecule has 146 valence electrons. The van der Waals surface area contributed by atoms with Crippen LogP contribution < -0.4 is 5.32 Å². The smallest absolute Gasteiger partial charge is 0.255 e. The van der Waals surface area contributed by atoms with Gasteiger partial charge in [0, 0.05) is 23.8 Å². The van der Waals surface area contributed by atoms with Crippen molar-refractivity contribution >= 4 is 16.8 Å². The summed E-state index contributed by atoms with van der Waals surface area (Å²) in [5.74, 6) is 0.0762. The third kappa shape index (κ3) is 3.52. The van der Waals surface area contributed by atoms with Crippen molar-refractivity contribution in [3.05, 3.63) is 59.5 Å². The van der Waals surface area contributed by atoms with Crippen molar-refractivity contribution in [3.63, 3.8) is 0 Å². The molecule has 3 aromatic rings. The maximum absolute atomic E-state index is 13.0. The van der Waals surface area contributed by atoms with E-state index in [9.17, 15) is 9.90 Å². The highest BCUT2D eigenvalue weighted by molar-refractivity contribution is 5.95. The van der Waals surface area contributed by atoms with Crippen LogP contribution in [0.1, 0.15) is 53.8 Å². The van der Waals surface area contributed by atoms with Crippen LogP contribution in [-0.2, 0) is 6.54 Å². The molecule has 2 heterocycles. The molecule has 0 unspecified atom stereocenters. The highest BCUT2D eigenvalue weighted by Gasteiger charge is 2.36. The van der Waals surface area contributed by atoms with Crippen LogP contribution in [0.15, 0.2) is 42.7 Å². The Morgan fingerprint density at radius 2 is 2.11 bits per heavy atom. The Bertz CT molecular complexity index is 991. The van der Waals surface area contributed by atoms with Crippen molar-refractivity contribution in [1.29, 1.82) is 0 Å². The number of pyridine rings is 1. The predicted octanol–water partition coefficient (Wildman–Crippen LogP) is 3.39. The van der Waals surface area contributed by atoms with Crippen molar-refractivity contribution in [2.75, 3.05) is 0 Å². The van der Waals surface area contributed by atoms with E-state index in [0.29, 0.717) is 18.4 Å². The maximum atomic E-state index is 13.0. The zero-order valence-corrected chi connectivity index (χ0v) is 16.3. The molecule has 0 saturated heterocycles. The average molecular weight is 378 g/mol. The van der Waals surface area contributed by atoms with Gasteiger partial charge in [-0.05, 0) is 49.8 Å². The van der Waals surface area contributed by atoms with E-state index in [4.69, 9.17) is 0 Å². The number of hydrogen-bond acceptors (Lipinski definition) is 4. The van der Waals surface area contributed by atoms with Crippen molar-refractivity contribution in [2.24, 2.45) is 5.92 Å². The lowest BCUT2D eigenvalue weighted by atomic mass is 9.75. The molecule has 1 atom stereocenters. The lowest BCUT2D eigenvalue weighted by Gasteiger charge is -2.38. The fourth-order valence-electron chi connectivity index (χ4n) is 3.96. The number of nitrogens with zero attached hydrogens (tertiary/aromatic N) is 3. The fourth-order valence-corrected chi connectivity index (χ4v) is 3.96. The Morgan fingerprint density at radius 3 is 2.86 bits per heavy atom. The predicted molar refractivity (Wildman–Crippen MR) is 108 cm³/mol. The Morgan fingerprint density at radius 1 is 1.32 bits per heavy atom. The van der Waals surface area contributed by atoms with E-state index < -0.39 is 0 Å². The molecule has 1 saturated carbocycles. The number of aryl methyl sites for hydroxylation is 1. The van der Waals surface area contributed by atoms with Gasteiger partial charge in [-0.3, -0.25) is 14.5 Å². The van der Waals surface area contributed by atoms with Gasteiger partial charge >= 0.3 is 0 Å². The number of amides is 1. The number of para-hydroxylation sites is 1. The van der Waals surface area contributed by atoms with Crippen LogP contribution in [0.4, 0.5) is 0 Å². The van der Waals surface area contributed by atoms with Crippen molar-refractivity contribution in [2.45, 2.75) is 51.8 Å². The Hall–Kier alpha value is -2.73. The van der Waals surface area contributed by atoms with Crippen LogP contribution in [0, 0.1) is 12.8 Å². The second-order valence-electron chi connectivity index (χ2n) is 7.66. The summed E-state index contributed by atoms with van der Waals surface area (Å²) in [6, 6.07) is 9.87. The van der Waals surface area contributed by atoms with Gasteiger partial charge in [0.15, 0.2) is 0 Å². The van der Waals surface area contributed by atoms with Gasteiger partial charge in [-0.25, -0.2) is 0 Å². The molecular weight excluding hydrogens is 352 g/mol. The molecule has 4 rings (SSSR count). The molecule has 1 amide bonds. The minimum absolute atomic E-state index is 0.126. The molecule has 1 aliphatic carbocycles. The number of fused-ring (bicyclic) bond motifs is 1. The van der Waals surface area contributed by atoms with Gasteiger partial charge in [0.05, 0.1) is 29.4 Å². The van der Waals surface area contributed by atoms with Crippen LogP contribution in [0.2, 0.25) is 0 Å². The van der Waals surface area contributed by atoms with Gasteiger partial charge in [-0.15, -0.1) is 0 Å². The highest BCUT2D eigenvalue weighted by atomic mass is 16.3. The minimum atomic E-state index is -0.285. The Labute approximate surface area is 164 Å². The van der Waals surface area contributed by atoms with Crippen molar-refractivity contribution < 1.29 is 9.90 Å². The van der Waals surface area contributed by atoms with Crippen molar-refractivity contribution in [3.8, 4) is 0 Å². The Balaban J connectivity index is 1.62. The molecule has 0 bridgehead atoms. The first-order valence-electron chi connectivity index (χ1n) is 9.92. The third-order valence-electron chi connectivity index (χ3n) is 5.66. The van der Waals surface area contributed by atoms with Crippen molar-refractivity contribution in [1.82, 2.24) is 20.1 Å². The molecule has 1 aliphatic rings. The zero-order valence-electron chi connectivity index (χ0n) is 16.3. The first-order valence-corrected chi connectivity index (χ1v) is 9.92. The average Bonchev–Trinajstić information content (AvgIpc) is 3.04. The van der Waals surface area contributed by atoms with Gasteiger partial charge in [0.1, 0.15) is 0 Å². The molecule has 0 spiro atoms. The molecule has 6 nitrogen and oxygen atoms in total. The normalized spacial score (nSPS) is 20.0. The fraction of sp³-hybridized carbons (Fsp3) is 0.409. The van der Waals surface area contributed by atoms with E-state index in [1.807, 2.05) is 42.1 Å². The number of hydrogen-bond donors (Lipinski definition) is 2. The number of carbonyl (C=O) groups is 1. The van der Waals surface area contributed by atoms with Crippen LogP contribution in [0.3, 0.4) is 0 Å². The SMILES string of the molecule is CCCn1ncc(C(=O)N[C@H](c2cnc3ccccc3c2)C2CC(O)C2)c1C. The monoisotopic (exact) mass is 378 g/mol. The van der Waals surface area contributed by atoms with Crippen LogP contribution >= 0.6 is 0 Å². The second kappa shape index (κ2) is 7.72. The zero-order chi connectivity index (χ0) is 19.7. The molecular formula is C22H26N4O2. The van der Waals surface area contributed by atoms with Crippen LogP contribution in [0.5, 0.6) is 0 Å². The Kier molecular flexibility index (Phi) is 5.13. The summed E-state index contributed by atoms with van der Waals surface area (Å²) in [4.78, 5) is 17.6. The summed E-state index contributed by atoms with van der Waals surface area (Å²) in [6.45, 7) is 4.81. The molecule has 2 aromatic heterocycles. The van der Waals surface area contributed by atoms with E-state index in [-0.39, 0.29) is 24.0 Å². The lowest BCUT2D eigenvalue weighted by Crippen LogP contribution is -2.41. The van der Waals surface area contributed by atoms with Gasteiger partial charge in [0.2, 0.25) is 0 Å². The molecule has 1 fully saturated rings. The molecule has 6 heteroatoms. The van der Waals surface area contributed by atoms with Crippen LogP contribution in [-0.4, -0.2) is 31.9 Å². The number of carbonyl (C=O) groups excluding carboxylic acids is 1. The highest BCUT2D eigenvalue weighted by Crippen LogP contribution is 2.38. The van der Waals surface area contributed by atoms with E-state index in [2.05, 4.69) is 28.4 Å². The van der Waals surface area contributed by atoms with Gasteiger partial charge in [-0.1, -0.05) is 25.1 Å². The number of benzene rings is 1. The topological polar surface area (TPSA) is 80.0 Å². The molecule has 0 aliphatic heterocycles. The molecule has 0 radical (unpaired) electrons. The van der Waals surface area contributed by atoms with Crippen LogP contribution in [0.25, 0.3) is 10.9 Å². The number of aliphatic hydroxyl groups is 1. The summed E-state index contributed by atoms with van der Waals surface area (Å²) in [5.41, 5.74) is 3.39. The minimum Gasteiger partial charge on any atom is -0.393 e. The summed E-state index contributed by atoms with van der Waals surface area (Å²) in [7, 11) is 0. The molecule has 1 aromatic carbocycles. The largest absolute Gasteiger partial charge is 0.393 e. The first kappa shape index (κ1) is 18.6. The summed E-state index contributed by atoms with van der Waals surface area (Å²) < 4.78 is 1.87. The van der Waals surface area contributed by atoms with Gasteiger partial charge in [-0.2, -0.15) is 5.10 Å². The number of aromatic nitrogens is 3. The maximum Gasteiger partial charge on any atom is 0.255 e. The standard InChI is InChI=1S/C22H26N4O2/c1-3-8-26-14(2)19(13-24-26)22(28)25-21(16-10-18(27)11-16)17-9-15-6-4-5-7-20(15)23-12-17/h4-7,9,12-13,16,18,21,27H,3,8,10-11H2,1-2H3,(H,25,28)/t16?,18?,21-/m0/s1.